The summed E-state index contributed by atoms with van der Waals surface area (Å²) in [5.41, 5.74) is 5.66. The van der Waals surface area contributed by atoms with Crippen LogP contribution >= 0.6 is 0 Å². The SMILES string of the molecule is C=CCNC(=O)NC(=O)CN(CCC)CC(C)(C)CN. The standard InChI is InChI=1S/C14H28N4O2/c1-5-7-16-13(20)17-12(19)9-18(8-6-2)11-14(3,4)10-15/h5H,1,6-11,15H2,2-4H3,(H2,16,17,19,20). The number of carbonyl (C=O) groups excluding carboxylic acids is 2. The molecule has 6 heteroatoms. The molecule has 0 aromatic carbocycles. The van der Waals surface area contributed by atoms with Crippen LogP contribution in [0.4, 0.5) is 4.79 Å². The first-order chi connectivity index (χ1) is 9.34. The van der Waals surface area contributed by atoms with Crippen LogP contribution in [-0.4, -0.2) is 49.6 Å². The molecule has 0 fully saturated rings. The molecule has 0 aromatic heterocycles. The second-order valence-corrected chi connectivity index (χ2v) is 5.63. The van der Waals surface area contributed by atoms with Gasteiger partial charge in [-0.15, -0.1) is 6.58 Å². The molecule has 0 spiro atoms. The molecule has 0 atom stereocenters. The van der Waals surface area contributed by atoms with Gasteiger partial charge in [0.15, 0.2) is 0 Å². The summed E-state index contributed by atoms with van der Waals surface area (Å²) in [5, 5.41) is 4.80. The van der Waals surface area contributed by atoms with Gasteiger partial charge in [0.05, 0.1) is 6.54 Å². The van der Waals surface area contributed by atoms with Crippen LogP contribution in [0.2, 0.25) is 0 Å². The smallest absolute Gasteiger partial charge is 0.321 e. The van der Waals surface area contributed by atoms with E-state index in [1.807, 2.05) is 4.90 Å². The Bertz CT molecular complexity index is 329. The predicted molar refractivity (Wildman–Crippen MR) is 81.3 cm³/mol. The summed E-state index contributed by atoms with van der Waals surface area (Å²) in [6, 6.07) is -0.496. The minimum absolute atomic E-state index is 0.0550. The molecule has 0 aliphatic rings. The Morgan fingerprint density at radius 3 is 2.55 bits per heavy atom. The van der Waals surface area contributed by atoms with Gasteiger partial charge in [0.25, 0.3) is 0 Å². The largest absolute Gasteiger partial charge is 0.334 e. The summed E-state index contributed by atoms with van der Waals surface area (Å²) in [4.78, 5) is 25.2. The lowest BCUT2D eigenvalue weighted by atomic mass is 9.93. The third-order valence-electron chi connectivity index (χ3n) is 2.77. The van der Waals surface area contributed by atoms with Crippen LogP contribution < -0.4 is 16.4 Å². The van der Waals surface area contributed by atoms with Crippen molar-refractivity contribution in [2.45, 2.75) is 27.2 Å². The van der Waals surface area contributed by atoms with Crippen molar-refractivity contribution in [1.29, 1.82) is 0 Å². The summed E-state index contributed by atoms with van der Waals surface area (Å²) >= 11 is 0. The zero-order valence-electron chi connectivity index (χ0n) is 12.9. The van der Waals surface area contributed by atoms with E-state index in [0.29, 0.717) is 13.1 Å². The van der Waals surface area contributed by atoms with E-state index in [0.717, 1.165) is 19.5 Å². The summed E-state index contributed by atoms with van der Waals surface area (Å²) in [6.45, 7) is 12.3. The molecule has 20 heavy (non-hydrogen) atoms. The van der Waals surface area contributed by atoms with Crippen molar-refractivity contribution in [3.63, 3.8) is 0 Å². The third-order valence-corrected chi connectivity index (χ3v) is 2.77. The highest BCUT2D eigenvalue weighted by molar-refractivity contribution is 5.95. The minimum atomic E-state index is -0.496. The number of urea groups is 1. The molecule has 0 rings (SSSR count). The fourth-order valence-electron chi connectivity index (χ4n) is 1.78. The summed E-state index contributed by atoms with van der Waals surface area (Å²) in [6.07, 6.45) is 2.49. The number of hydrogen-bond donors (Lipinski definition) is 3. The zero-order chi connectivity index (χ0) is 15.6. The van der Waals surface area contributed by atoms with Gasteiger partial charge < -0.3 is 11.1 Å². The van der Waals surface area contributed by atoms with Crippen molar-refractivity contribution < 1.29 is 9.59 Å². The van der Waals surface area contributed by atoms with Gasteiger partial charge in [0.1, 0.15) is 0 Å². The molecule has 0 saturated carbocycles. The van der Waals surface area contributed by atoms with Crippen molar-refractivity contribution in [2.75, 3.05) is 32.7 Å². The Morgan fingerprint density at radius 2 is 2.05 bits per heavy atom. The summed E-state index contributed by atoms with van der Waals surface area (Å²) in [7, 11) is 0. The number of amides is 3. The van der Waals surface area contributed by atoms with E-state index in [9.17, 15) is 9.59 Å². The molecule has 0 saturated heterocycles. The monoisotopic (exact) mass is 284 g/mol. The van der Waals surface area contributed by atoms with Crippen molar-refractivity contribution >= 4 is 11.9 Å². The molecule has 0 bridgehead atoms. The van der Waals surface area contributed by atoms with E-state index in [2.05, 4.69) is 38.0 Å². The summed E-state index contributed by atoms with van der Waals surface area (Å²) in [5.74, 6) is -0.312. The molecule has 0 aliphatic carbocycles. The molecule has 3 amide bonds. The third kappa shape index (κ3) is 8.66. The maximum Gasteiger partial charge on any atom is 0.321 e. The molecule has 0 radical (unpaired) electrons. The molecular weight excluding hydrogens is 256 g/mol. The van der Waals surface area contributed by atoms with Gasteiger partial charge in [0, 0.05) is 13.1 Å². The first kappa shape index (κ1) is 18.6. The first-order valence-corrected chi connectivity index (χ1v) is 6.95. The van der Waals surface area contributed by atoms with Gasteiger partial charge >= 0.3 is 6.03 Å². The zero-order valence-corrected chi connectivity index (χ0v) is 12.9. The van der Waals surface area contributed by atoms with E-state index in [1.165, 1.54) is 0 Å². The number of rotatable bonds is 9. The van der Waals surface area contributed by atoms with Crippen LogP contribution in [-0.2, 0) is 4.79 Å². The van der Waals surface area contributed by atoms with E-state index in [-0.39, 0.29) is 17.9 Å². The molecule has 0 aromatic rings. The maximum atomic E-state index is 11.8. The molecule has 116 valence electrons. The molecule has 0 unspecified atom stereocenters. The van der Waals surface area contributed by atoms with Crippen LogP contribution in [0.5, 0.6) is 0 Å². The van der Waals surface area contributed by atoms with E-state index >= 15 is 0 Å². The van der Waals surface area contributed by atoms with Gasteiger partial charge in [-0.3, -0.25) is 15.0 Å². The number of hydrogen-bond acceptors (Lipinski definition) is 4. The average molecular weight is 284 g/mol. The van der Waals surface area contributed by atoms with E-state index in [1.54, 1.807) is 6.08 Å². The second-order valence-electron chi connectivity index (χ2n) is 5.63. The molecular formula is C14H28N4O2. The highest BCUT2D eigenvalue weighted by atomic mass is 16.2. The average Bonchev–Trinajstić information content (AvgIpc) is 2.36. The topological polar surface area (TPSA) is 87.5 Å². The van der Waals surface area contributed by atoms with Gasteiger partial charge in [-0.2, -0.15) is 0 Å². The molecule has 6 nitrogen and oxygen atoms in total. The lowest BCUT2D eigenvalue weighted by Crippen LogP contribution is -2.47. The van der Waals surface area contributed by atoms with Gasteiger partial charge in [-0.1, -0.05) is 26.8 Å². The summed E-state index contributed by atoms with van der Waals surface area (Å²) < 4.78 is 0. The van der Waals surface area contributed by atoms with Crippen molar-refractivity contribution in [3.8, 4) is 0 Å². The Kier molecular flexibility index (Phi) is 8.83. The Labute approximate surface area is 121 Å². The second kappa shape index (κ2) is 9.50. The van der Waals surface area contributed by atoms with Gasteiger partial charge in [-0.05, 0) is 24.9 Å². The van der Waals surface area contributed by atoms with E-state index in [4.69, 9.17) is 5.73 Å². The van der Waals surface area contributed by atoms with Crippen LogP contribution in [0.25, 0.3) is 0 Å². The number of carbonyl (C=O) groups is 2. The minimum Gasteiger partial charge on any atom is -0.334 e. The number of imide groups is 1. The van der Waals surface area contributed by atoms with Crippen LogP contribution in [0.15, 0.2) is 12.7 Å². The normalized spacial score (nSPS) is 11.2. The fraction of sp³-hybridized carbons (Fsp3) is 0.714. The first-order valence-electron chi connectivity index (χ1n) is 6.95. The Morgan fingerprint density at radius 1 is 1.40 bits per heavy atom. The van der Waals surface area contributed by atoms with Crippen molar-refractivity contribution in [1.82, 2.24) is 15.5 Å². The lowest BCUT2D eigenvalue weighted by molar-refractivity contribution is -0.121. The highest BCUT2D eigenvalue weighted by Crippen LogP contribution is 2.14. The number of nitrogens with two attached hydrogens (primary N) is 1. The Balaban J connectivity index is 4.33. The van der Waals surface area contributed by atoms with Crippen LogP contribution in [0, 0.1) is 5.41 Å². The van der Waals surface area contributed by atoms with Crippen LogP contribution in [0.3, 0.4) is 0 Å². The van der Waals surface area contributed by atoms with Gasteiger partial charge in [0.2, 0.25) is 5.91 Å². The quantitative estimate of drug-likeness (QED) is 0.544. The molecule has 4 N–H and O–H groups in total. The predicted octanol–water partition coefficient (Wildman–Crippen LogP) is 0.695. The molecule has 0 aliphatic heterocycles. The van der Waals surface area contributed by atoms with Crippen molar-refractivity contribution in [2.24, 2.45) is 11.1 Å². The fourth-order valence-corrected chi connectivity index (χ4v) is 1.78. The molecule has 0 heterocycles. The maximum absolute atomic E-state index is 11.8. The van der Waals surface area contributed by atoms with Crippen LogP contribution in [0.1, 0.15) is 27.2 Å². The highest BCUT2D eigenvalue weighted by Gasteiger charge is 2.21. The van der Waals surface area contributed by atoms with Gasteiger partial charge in [-0.25, -0.2) is 4.79 Å². The number of nitrogens with zero attached hydrogens (tertiary/aromatic N) is 1. The van der Waals surface area contributed by atoms with Crippen molar-refractivity contribution in [3.05, 3.63) is 12.7 Å². The lowest BCUT2D eigenvalue weighted by Gasteiger charge is -2.31. The number of nitrogens with one attached hydrogen (secondary N) is 2. The van der Waals surface area contributed by atoms with E-state index < -0.39 is 6.03 Å². The Hall–Kier alpha value is -1.40.